The Balaban J connectivity index is 2.52. The predicted octanol–water partition coefficient (Wildman–Crippen LogP) is 1.93. The van der Waals surface area contributed by atoms with Crippen LogP contribution < -0.4 is 10.6 Å². The summed E-state index contributed by atoms with van der Waals surface area (Å²) < 4.78 is 4.76. The number of amides is 2. The molecule has 0 saturated carbocycles. The largest absolute Gasteiger partial charge is 0.450 e. The van der Waals surface area contributed by atoms with Gasteiger partial charge < -0.3 is 10.1 Å². The number of nitrogens with one attached hydrogen (secondary N) is 2. The first-order valence-electron chi connectivity index (χ1n) is 5.95. The molecule has 0 fully saturated rings. The lowest BCUT2D eigenvalue weighted by Crippen LogP contribution is -2.24. The van der Waals surface area contributed by atoms with E-state index < -0.39 is 6.09 Å². The molecule has 0 unspecified atom stereocenters. The molecule has 0 saturated heterocycles. The van der Waals surface area contributed by atoms with Crippen molar-refractivity contribution < 1.29 is 14.3 Å². The van der Waals surface area contributed by atoms with Crippen molar-refractivity contribution in [2.75, 3.05) is 18.5 Å². The van der Waals surface area contributed by atoms with Crippen molar-refractivity contribution in [3.63, 3.8) is 0 Å². The highest BCUT2D eigenvalue weighted by molar-refractivity contribution is 5.84. The van der Waals surface area contributed by atoms with Crippen molar-refractivity contribution in [2.24, 2.45) is 0 Å². The summed E-state index contributed by atoms with van der Waals surface area (Å²) in [6.07, 6.45) is -0.137. The molecule has 5 nitrogen and oxygen atoms in total. The van der Waals surface area contributed by atoms with Gasteiger partial charge in [-0.1, -0.05) is 12.1 Å². The summed E-state index contributed by atoms with van der Waals surface area (Å²) in [5, 5.41) is 5.32. The molecular weight excluding hydrogens is 232 g/mol. The molecule has 18 heavy (non-hydrogen) atoms. The van der Waals surface area contributed by atoms with E-state index in [-0.39, 0.29) is 5.91 Å². The maximum Gasteiger partial charge on any atom is 0.411 e. The molecule has 0 bridgehead atoms. The first-order valence-corrected chi connectivity index (χ1v) is 5.95. The molecule has 98 valence electrons. The number of anilines is 1. The highest BCUT2D eigenvalue weighted by Gasteiger charge is 2.04. The second-order valence-electron chi connectivity index (χ2n) is 3.67. The van der Waals surface area contributed by atoms with Gasteiger partial charge in [0.1, 0.15) is 0 Å². The second-order valence-corrected chi connectivity index (χ2v) is 3.67. The van der Waals surface area contributed by atoms with Crippen LogP contribution in [0.2, 0.25) is 0 Å². The fourth-order valence-corrected chi connectivity index (χ4v) is 1.44. The summed E-state index contributed by atoms with van der Waals surface area (Å²) in [7, 11) is 0. The fourth-order valence-electron chi connectivity index (χ4n) is 1.44. The quantitative estimate of drug-likeness (QED) is 0.839. The van der Waals surface area contributed by atoms with Gasteiger partial charge in [0.25, 0.3) is 0 Å². The molecule has 0 aromatic heterocycles. The average Bonchev–Trinajstić information content (AvgIpc) is 2.32. The highest BCUT2D eigenvalue weighted by atomic mass is 16.5. The van der Waals surface area contributed by atoms with Crippen LogP contribution in [0, 0.1) is 0 Å². The Morgan fingerprint density at radius 1 is 1.17 bits per heavy atom. The lowest BCUT2D eigenvalue weighted by Gasteiger charge is -2.06. The van der Waals surface area contributed by atoms with E-state index in [2.05, 4.69) is 10.6 Å². The van der Waals surface area contributed by atoms with E-state index in [1.54, 1.807) is 31.2 Å². The van der Waals surface area contributed by atoms with Crippen LogP contribution in [0.1, 0.15) is 19.4 Å². The van der Waals surface area contributed by atoms with Gasteiger partial charge in [0.15, 0.2) is 0 Å². The summed E-state index contributed by atoms with van der Waals surface area (Å²) in [4.78, 5) is 22.5. The number of ether oxygens (including phenoxy) is 1. The Morgan fingerprint density at radius 2 is 1.83 bits per heavy atom. The zero-order valence-corrected chi connectivity index (χ0v) is 10.7. The molecule has 0 atom stereocenters. The molecule has 0 aliphatic carbocycles. The van der Waals surface area contributed by atoms with Crippen molar-refractivity contribution in [3.05, 3.63) is 29.8 Å². The summed E-state index contributed by atoms with van der Waals surface area (Å²) in [5.74, 6) is -0.0106. The van der Waals surface area contributed by atoms with Gasteiger partial charge >= 0.3 is 6.09 Å². The van der Waals surface area contributed by atoms with Crippen LogP contribution in [0.25, 0.3) is 0 Å². The molecule has 5 heteroatoms. The lowest BCUT2D eigenvalue weighted by molar-refractivity contribution is -0.120. The van der Waals surface area contributed by atoms with Crippen molar-refractivity contribution in [2.45, 2.75) is 20.3 Å². The molecule has 1 aromatic rings. The minimum atomic E-state index is -0.478. The number of likely N-dealkylation sites (N-methyl/N-ethyl adjacent to an activating group) is 1. The standard InChI is InChI=1S/C13H18N2O3/c1-3-14-12(16)9-10-5-7-11(8-6-10)15-13(17)18-4-2/h5-8H,3-4,9H2,1-2H3,(H,14,16)(H,15,17). The third-order valence-electron chi connectivity index (χ3n) is 2.21. The molecule has 0 radical (unpaired) electrons. The zero-order valence-electron chi connectivity index (χ0n) is 10.7. The average molecular weight is 250 g/mol. The zero-order chi connectivity index (χ0) is 13.4. The molecule has 1 rings (SSSR count). The Labute approximate surface area is 107 Å². The topological polar surface area (TPSA) is 67.4 Å². The first kappa shape index (κ1) is 14.0. The van der Waals surface area contributed by atoms with Crippen LogP contribution in [0.4, 0.5) is 10.5 Å². The summed E-state index contributed by atoms with van der Waals surface area (Å²) in [5.41, 5.74) is 1.54. The number of benzene rings is 1. The van der Waals surface area contributed by atoms with Gasteiger partial charge in [-0.3, -0.25) is 10.1 Å². The Bertz CT molecular complexity index is 362. The van der Waals surface area contributed by atoms with Crippen LogP contribution in [-0.2, 0) is 16.0 Å². The van der Waals surface area contributed by atoms with Crippen molar-refractivity contribution in [3.8, 4) is 0 Å². The van der Waals surface area contributed by atoms with E-state index >= 15 is 0 Å². The molecule has 2 N–H and O–H groups in total. The predicted molar refractivity (Wildman–Crippen MR) is 69.5 cm³/mol. The fraction of sp³-hybridized carbons (Fsp3) is 0.385. The smallest absolute Gasteiger partial charge is 0.411 e. The maximum absolute atomic E-state index is 11.4. The lowest BCUT2D eigenvalue weighted by atomic mass is 10.1. The Kier molecular flexibility index (Phi) is 5.70. The Hall–Kier alpha value is -2.04. The number of hydrogen-bond donors (Lipinski definition) is 2. The monoisotopic (exact) mass is 250 g/mol. The van der Waals surface area contributed by atoms with Gasteiger partial charge in [-0.05, 0) is 31.5 Å². The maximum atomic E-state index is 11.4. The van der Waals surface area contributed by atoms with E-state index in [4.69, 9.17) is 4.74 Å². The number of hydrogen-bond acceptors (Lipinski definition) is 3. The van der Waals surface area contributed by atoms with E-state index in [9.17, 15) is 9.59 Å². The van der Waals surface area contributed by atoms with E-state index in [0.29, 0.717) is 25.3 Å². The van der Waals surface area contributed by atoms with Gasteiger partial charge in [0.2, 0.25) is 5.91 Å². The first-order chi connectivity index (χ1) is 8.65. The summed E-state index contributed by atoms with van der Waals surface area (Å²) >= 11 is 0. The number of carbonyl (C=O) groups excluding carboxylic acids is 2. The minimum absolute atomic E-state index is 0.0106. The normalized spacial score (nSPS) is 9.67. The SMILES string of the molecule is CCNC(=O)Cc1ccc(NC(=O)OCC)cc1. The van der Waals surface area contributed by atoms with Crippen molar-refractivity contribution in [1.29, 1.82) is 0 Å². The molecule has 0 aliphatic heterocycles. The van der Waals surface area contributed by atoms with Crippen LogP contribution in [0.3, 0.4) is 0 Å². The van der Waals surface area contributed by atoms with Crippen LogP contribution in [0.5, 0.6) is 0 Å². The third-order valence-corrected chi connectivity index (χ3v) is 2.21. The van der Waals surface area contributed by atoms with Gasteiger partial charge in [0, 0.05) is 12.2 Å². The highest BCUT2D eigenvalue weighted by Crippen LogP contribution is 2.10. The van der Waals surface area contributed by atoms with Crippen LogP contribution in [-0.4, -0.2) is 25.2 Å². The van der Waals surface area contributed by atoms with Gasteiger partial charge in [-0.25, -0.2) is 4.79 Å². The molecule has 0 aliphatic rings. The van der Waals surface area contributed by atoms with E-state index in [0.717, 1.165) is 5.56 Å². The number of rotatable bonds is 5. The Morgan fingerprint density at radius 3 is 2.39 bits per heavy atom. The summed E-state index contributed by atoms with van der Waals surface area (Å²) in [6.45, 7) is 4.59. The van der Waals surface area contributed by atoms with Crippen molar-refractivity contribution >= 4 is 17.7 Å². The molecular formula is C13H18N2O3. The van der Waals surface area contributed by atoms with E-state index in [1.165, 1.54) is 0 Å². The summed E-state index contributed by atoms with van der Waals surface area (Å²) in [6, 6.07) is 7.09. The van der Waals surface area contributed by atoms with Crippen molar-refractivity contribution in [1.82, 2.24) is 5.32 Å². The molecule has 0 heterocycles. The van der Waals surface area contributed by atoms with Gasteiger partial charge in [-0.15, -0.1) is 0 Å². The van der Waals surface area contributed by atoms with Gasteiger partial charge in [-0.2, -0.15) is 0 Å². The minimum Gasteiger partial charge on any atom is -0.450 e. The van der Waals surface area contributed by atoms with Crippen LogP contribution in [0.15, 0.2) is 24.3 Å². The van der Waals surface area contributed by atoms with E-state index in [1.807, 2.05) is 6.92 Å². The molecule has 2 amide bonds. The molecule has 0 spiro atoms. The molecule has 1 aromatic carbocycles. The second kappa shape index (κ2) is 7.32. The number of carbonyl (C=O) groups is 2. The third kappa shape index (κ3) is 4.86. The van der Waals surface area contributed by atoms with Gasteiger partial charge in [0.05, 0.1) is 13.0 Å². The van der Waals surface area contributed by atoms with Crippen LogP contribution >= 0.6 is 0 Å².